The maximum Gasteiger partial charge on any atom is 0.139 e. The van der Waals surface area contributed by atoms with Gasteiger partial charge in [0.25, 0.3) is 0 Å². The highest BCUT2D eigenvalue weighted by Gasteiger charge is 2.45. The topological polar surface area (TPSA) is 12.5 Å². The Kier molecular flexibility index (Phi) is 4.64. The Labute approximate surface area is 155 Å². The number of halogens is 1. The average molecular weight is 356 g/mol. The van der Waals surface area contributed by atoms with Crippen molar-refractivity contribution in [1.29, 1.82) is 0 Å². The van der Waals surface area contributed by atoms with Gasteiger partial charge in [0.15, 0.2) is 0 Å². The fraction of sp³-hybridized carbons (Fsp3) is 0.455. The summed E-state index contributed by atoms with van der Waals surface area (Å²) in [7, 11) is 1.68. The molecule has 2 aromatic carbocycles. The van der Waals surface area contributed by atoms with Crippen LogP contribution in [-0.2, 0) is 0 Å². The Morgan fingerprint density at radius 2 is 1.88 bits per heavy atom. The molecule has 0 N–H and O–H groups in total. The molecule has 2 fully saturated rings. The van der Waals surface area contributed by atoms with Crippen LogP contribution in [0.15, 0.2) is 48.5 Å². The highest BCUT2D eigenvalue weighted by Crippen LogP contribution is 2.55. The minimum atomic E-state index is 0.557. The second kappa shape index (κ2) is 6.92. The molecule has 2 nitrogen and oxygen atoms in total. The Balaban J connectivity index is 1.41. The number of methoxy groups -OCH3 is 1. The van der Waals surface area contributed by atoms with Crippen molar-refractivity contribution in [2.24, 2.45) is 11.8 Å². The third-order valence-corrected chi connectivity index (χ3v) is 6.37. The van der Waals surface area contributed by atoms with Crippen LogP contribution in [-0.4, -0.2) is 19.7 Å². The fourth-order valence-electron chi connectivity index (χ4n) is 4.63. The summed E-state index contributed by atoms with van der Waals surface area (Å²) in [5.41, 5.74) is 2.76. The largest absolute Gasteiger partial charge is 0.495 e. The van der Waals surface area contributed by atoms with Crippen LogP contribution < -0.4 is 9.64 Å². The summed E-state index contributed by atoms with van der Waals surface area (Å²) in [6.45, 7) is 3.47. The molecule has 0 amide bonds. The van der Waals surface area contributed by atoms with Crippen LogP contribution in [0.5, 0.6) is 5.75 Å². The molecule has 0 bridgehead atoms. The SMILES string of the molecule is COc1cc(N2CCC(C3CC3c3ccccc3)CC2C)ccc1Cl. The van der Waals surface area contributed by atoms with Crippen LogP contribution in [0.2, 0.25) is 5.02 Å². The van der Waals surface area contributed by atoms with Gasteiger partial charge in [0, 0.05) is 24.3 Å². The van der Waals surface area contributed by atoms with Gasteiger partial charge >= 0.3 is 0 Å². The molecular weight excluding hydrogens is 330 g/mol. The predicted octanol–water partition coefficient (Wildman–Crippen LogP) is 5.76. The highest BCUT2D eigenvalue weighted by atomic mass is 35.5. The Bertz CT molecular complexity index is 732. The van der Waals surface area contributed by atoms with E-state index in [0.29, 0.717) is 11.1 Å². The van der Waals surface area contributed by atoms with Gasteiger partial charge in [-0.2, -0.15) is 0 Å². The quantitative estimate of drug-likeness (QED) is 0.691. The Hall–Kier alpha value is -1.67. The number of benzene rings is 2. The van der Waals surface area contributed by atoms with E-state index in [9.17, 15) is 0 Å². The monoisotopic (exact) mass is 355 g/mol. The molecule has 1 aliphatic carbocycles. The molecule has 132 valence electrons. The highest BCUT2D eigenvalue weighted by molar-refractivity contribution is 6.32. The van der Waals surface area contributed by atoms with Crippen LogP contribution in [0.25, 0.3) is 0 Å². The van der Waals surface area contributed by atoms with Gasteiger partial charge in [0.2, 0.25) is 0 Å². The molecule has 25 heavy (non-hydrogen) atoms. The molecule has 1 saturated heterocycles. The minimum Gasteiger partial charge on any atom is -0.495 e. The maximum atomic E-state index is 6.18. The number of hydrogen-bond acceptors (Lipinski definition) is 2. The van der Waals surface area contributed by atoms with Crippen molar-refractivity contribution >= 4 is 17.3 Å². The number of hydrogen-bond donors (Lipinski definition) is 0. The molecule has 3 heteroatoms. The van der Waals surface area contributed by atoms with Crippen LogP contribution in [0, 0.1) is 11.8 Å². The predicted molar refractivity (Wildman–Crippen MR) is 105 cm³/mol. The van der Waals surface area contributed by atoms with Crippen molar-refractivity contribution in [2.45, 2.75) is 38.1 Å². The molecule has 0 spiro atoms. The van der Waals surface area contributed by atoms with Gasteiger partial charge in [-0.3, -0.25) is 0 Å². The van der Waals surface area contributed by atoms with E-state index in [0.717, 1.165) is 30.0 Å². The van der Waals surface area contributed by atoms with Crippen LogP contribution in [0.3, 0.4) is 0 Å². The molecule has 2 aliphatic rings. The van der Waals surface area contributed by atoms with E-state index in [4.69, 9.17) is 16.3 Å². The Morgan fingerprint density at radius 1 is 1.08 bits per heavy atom. The molecule has 0 radical (unpaired) electrons. The first-order valence-electron chi connectivity index (χ1n) is 9.32. The van der Waals surface area contributed by atoms with E-state index < -0.39 is 0 Å². The summed E-state index contributed by atoms with van der Waals surface area (Å²) in [4.78, 5) is 2.51. The van der Waals surface area contributed by atoms with Crippen LogP contribution in [0.4, 0.5) is 5.69 Å². The summed E-state index contributed by atoms with van der Waals surface area (Å²) in [5.74, 6) is 3.29. The zero-order valence-electron chi connectivity index (χ0n) is 15.0. The van der Waals surface area contributed by atoms with E-state index in [1.165, 1.54) is 30.5 Å². The summed E-state index contributed by atoms with van der Waals surface area (Å²) >= 11 is 6.18. The van der Waals surface area contributed by atoms with Crippen LogP contribution >= 0.6 is 11.6 Å². The van der Waals surface area contributed by atoms with E-state index in [1.54, 1.807) is 7.11 Å². The summed E-state index contributed by atoms with van der Waals surface area (Å²) < 4.78 is 5.39. The van der Waals surface area contributed by atoms with E-state index >= 15 is 0 Å². The molecule has 4 rings (SSSR count). The first-order valence-corrected chi connectivity index (χ1v) is 9.70. The van der Waals surface area contributed by atoms with Gasteiger partial charge in [-0.25, -0.2) is 0 Å². The first-order chi connectivity index (χ1) is 12.2. The molecule has 1 saturated carbocycles. The van der Waals surface area contributed by atoms with Crippen molar-refractivity contribution < 1.29 is 4.74 Å². The zero-order chi connectivity index (χ0) is 17.4. The lowest BCUT2D eigenvalue weighted by molar-refractivity contribution is 0.314. The average Bonchev–Trinajstić information content (AvgIpc) is 3.44. The van der Waals surface area contributed by atoms with Gasteiger partial charge in [0.1, 0.15) is 5.75 Å². The fourth-order valence-corrected chi connectivity index (χ4v) is 4.82. The molecule has 1 aliphatic heterocycles. The molecule has 1 heterocycles. The van der Waals surface area contributed by atoms with Crippen LogP contribution in [0.1, 0.15) is 37.7 Å². The molecule has 4 atom stereocenters. The number of piperidine rings is 1. The van der Waals surface area contributed by atoms with Gasteiger partial charge in [-0.15, -0.1) is 0 Å². The van der Waals surface area contributed by atoms with Gasteiger partial charge in [-0.05, 0) is 61.6 Å². The number of nitrogens with zero attached hydrogens (tertiary/aromatic N) is 1. The standard InChI is InChI=1S/C22H26ClNO/c1-15-12-17(20-14-19(20)16-6-4-3-5-7-16)10-11-24(15)18-8-9-21(23)22(13-18)25-2/h3-9,13,15,17,19-20H,10-12,14H2,1-2H3. The van der Waals surface area contributed by atoms with Crippen molar-refractivity contribution in [3.8, 4) is 5.75 Å². The van der Waals surface area contributed by atoms with E-state index in [2.05, 4.69) is 54.3 Å². The Morgan fingerprint density at radius 3 is 2.60 bits per heavy atom. The third-order valence-electron chi connectivity index (χ3n) is 6.06. The van der Waals surface area contributed by atoms with Gasteiger partial charge < -0.3 is 9.64 Å². The van der Waals surface area contributed by atoms with Crippen molar-refractivity contribution in [2.75, 3.05) is 18.6 Å². The van der Waals surface area contributed by atoms with E-state index in [-0.39, 0.29) is 0 Å². The second-order valence-corrected chi connectivity index (χ2v) is 7.97. The van der Waals surface area contributed by atoms with Crippen molar-refractivity contribution in [3.63, 3.8) is 0 Å². The smallest absolute Gasteiger partial charge is 0.139 e. The summed E-state index contributed by atoms with van der Waals surface area (Å²) in [5, 5.41) is 0.678. The lowest BCUT2D eigenvalue weighted by Gasteiger charge is -2.40. The van der Waals surface area contributed by atoms with Crippen molar-refractivity contribution in [3.05, 3.63) is 59.1 Å². The second-order valence-electron chi connectivity index (χ2n) is 7.56. The van der Waals surface area contributed by atoms with E-state index in [1.807, 2.05) is 6.07 Å². The number of ether oxygens (including phenoxy) is 1. The first kappa shape index (κ1) is 16.8. The molecule has 0 aromatic heterocycles. The number of anilines is 1. The molecular formula is C22H26ClNO. The normalized spacial score (nSPS) is 28.7. The lowest BCUT2D eigenvalue weighted by atomic mass is 9.86. The third kappa shape index (κ3) is 3.37. The summed E-state index contributed by atoms with van der Waals surface area (Å²) in [6.07, 6.45) is 3.93. The lowest BCUT2D eigenvalue weighted by Crippen LogP contribution is -2.41. The van der Waals surface area contributed by atoms with Gasteiger partial charge in [0.05, 0.1) is 12.1 Å². The molecule has 4 unspecified atom stereocenters. The zero-order valence-corrected chi connectivity index (χ0v) is 15.7. The maximum absolute atomic E-state index is 6.18. The molecule has 2 aromatic rings. The summed E-state index contributed by atoms with van der Waals surface area (Å²) in [6, 6.07) is 17.7. The minimum absolute atomic E-state index is 0.557. The number of rotatable bonds is 4. The van der Waals surface area contributed by atoms with Crippen molar-refractivity contribution in [1.82, 2.24) is 0 Å². The van der Waals surface area contributed by atoms with Gasteiger partial charge in [-0.1, -0.05) is 41.9 Å².